The fraction of sp³-hybridized carbons (Fsp3) is 0.188. The summed E-state index contributed by atoms with van der Waals surface area (Å²) >= 11 is 12.0. The fourth-order valence-electron chi connectivity index (χ4n) is 2.35. The van der Waals surface area contributed by atoms with Gasteiger partial charge >= 0.3 is 0 Å². The quantitative estimate of drug-likeness (QED) is 0.810. The highest BCUT2D eigenvalue weighted by Crippen LogP contribution is 2.33. The lowest BCUT2D eigenvalue weighted by Gasteiger charge is -2.27. The third kappa shape index (κ3) is 3.16. The smallest absolute Gasteiger partial charge is 0.255 e. The molecule has 7 heteroatoms. The van der Waals surface area contributed by atoms with Crippen LogP contribution in [0.1, 0.15) is 10.4 Å². The van der Waals surface area contributed by atoms with Gasteiger partial charge in [0.05, 0.1) is 28.0 Å². The Morgan fingerprint density at radius 1 is 1.26 bits per heavy atom. The van der Waals surface area contributed by atoms with Gasteiger partial charge in [0.15, 0.2) is 0 Å². The Hall–Kier alpha value is -2.11. The number of ether oxygens (including phenoxy) is 1. The first-order valence-electron chi connectivity index (χ1n) is 6.99. The Kier molecular flexibility index (Phi) is 4.24. The molecule has 0 aliphatic carbocycles. The van der Waals surface area contributed by atoms with Crippen molar-refractivity contribution < 1.29 is 9.53 Å². The second-order valence-electron chi connectivity index (χ2n) is 5.26. The third-order valence-electron chi connectivity index (χ3n) is 3.65. The Morgan fingerprint density at radius 2 is 1.96 bits per heavy atom. The van der Waals surface area contributed by atoms with Crippen LogP contribution in [-0.4, -0.2) is 26.1 Å². The highest BCUT2D eigenvalue weighted by Gasteiger charge is 2.17. The summed E-state index contributed by atoms with van der Waals surface area (Å²) in [6, 6.07) is 8.43. The predicted molar refractivity (Wildman–Crippen MR) is 94.0 cm³/mol. The molecule has 0 spiro atoms. The van der Waals surface area contributed by atoms with E-state index in [1.807, 2.05) is 11.9 Å². The molecule has 0 aromatic heterocycles. The minimum absolute atomic E-state index is 0.260. The van der Waals surface area contributed by atoms with E-state index in [1.165, 1.54) is 0 Å². The SMILES string of the molecule is CN1CCOc2ccc(C(=O)Nc3cc(Cl)c(N)c(Cl)c3)cc21. The summed E-state index contributed by atoms with van der Waals surface area (Å²) in [6.45, 7) is 1.42. The number of hydrogen-bond donors (Lipinski definition) is 2. The van der Waals surface area contributed by atoms with Gasteiger partial charge in [-0.25, -0.2) is 0 Å². The van der Waals surface area contributed by atoms with Crippen molar-refractivity contribution in [3.63, 3.8) is 0 Å². The standard InChI is InChI=1S/C16H15Cl2N3O2/c1-21-4-5-23-14-3-2-9(6-13(14)21)16(22)20-10-7-11(17)15(19)12(18)8-10/h2-3,6-8H,4-5,19H2,1H3,(H,20,22). The van der Waals surface area contributed by atoms with Crippen LogP contribution in [0.3, 0.4) is 0 Å². The number of benzene rings is 2. The number of carbonyl (C=O) groups excluding carboxylic acids is 1. The average molecular weight is 352 g/mol. The number of nitrogens with two attached hydrogens (primary N) is 1. The largest absolute Gasteiger partial charge is 0.490 e. The summed E-state index contributed by atoms with van der Waals surface area (Å²) in [7, 11) is 1.96. The van der Waals surface area contributed by atoms with Gasteiger partial charge in [-0.2, -0.15) is 0 Å². The topological polar surface area (TPSA) is 67.6 Å². The summed E-state index contributed by atoms with van der Waals surface area (Å²) in [4.78, 5) is 14.5. The van der Waals surface area contributed by atoms with Crippen LogP contribution in [0.5, 0.6) is 5.75 Å². The summed E-state index contributed by atoms with van der Waals surface area (Å²) < 4.78 is 5.57. The first kappa shape index (κ1) is 15.8. The van der Waals surface area contributed by atoms with Crippen molar-refractivity contribution in [1.29, 1.82) is 0 Å². The number of rotatable bonds is 2. The average Bonchev–Trinajstić information content (AvgIpc) is 2.52. The van der Waals surface area contributed by atoms with E-state index in [2.05, 4.69) is 5.32 Å². The Bertz CT molecular complexity index is 757. The molecule has 1 aliphatic heterocycles. The summed E-state index contributed by atoms with van der Waals surface area (Å²) in [5, 5.41) is 3.36. The lowest BCUT2D eigenvalue weighted by atomic mass is 10.1. The molecule has 0 saturated heterocycles. The van der Waals surface area contributed by atoms with E-state index in [0.29, 0.717) is 33.6 Å². The maximum atomic E-state index is 12.4. The van der Waals surface area contributed by atoms with Crippen LogP contribution in [0.4, 0.5) is 17.1 Å². The summed E-state index contributed by atoms with van der Waals surface area (Å²) in [6.07, 6.45) is 0. The van der Waals surface area contributed by atoms with Crippen LogP contribution in [0.2, 0.25) is 10.0 Å². The molecule has 1 heterocycles. The number of hydrogen-bond acceptors (Lipinski definition) is 4. The van der Waals surface area contributed by atoms with E-state index in [-0.39, 0.29) is 5.91 Å². The van der Waals surface area contributed by atoms with Crippen molar-refractivity contribution in [2.45, 2.75) is 0 Å². The lowest BCUT2D eigenvalue weighted by Crippen LogP contribution is -2.29. The van der Waals surface area contributed by atoms with Crippen molar-refractivity contribution in [3.8, 4) is 5.75 Å². The molecule has 2 aromatic rings. The number of nitrogens with one attached hydrogen (secondary N) is 1. The zero-order chi connectivity index (χ0) is 16.6. The van der Waals surface area contributed by atoms with Gasteiger partial charge in [-0.1, -0.05) is 23.2 Å². The molecule has 0 fully saturated rings. The monoisotopic (exact) mass is 351 g/mol. The number of nitrogen functional groups attached to an aromatic ring is 1. The second kappa shape index (κ2) is 6.18. The van der Waals surface area contributed by atoms with Crippen LogP contribution in [-0.2, 0) is 0 Å². The van der Waals surface area contributed by atoms with E-state index < -0.39 is 0 Å². The number of halogens is 2. The lowest BCUT2D eigenvalue weighted by molar-refractivity contribution is 0.102. The van der Waals surface area contributed by atoms with Gasteiger partial charge < -0.3 is 20.7 Å². The van der Waals surface area contributed by atoms with Gasteiger partial charge in [0, 0.05) is 18.3 Å². The highest BCUT2D eigenvalue weighted by molar-refractivity contribution is 6.39. The Labute approximate surface area is 143 Å². The molecule has 23 heavy (non-hydrogen) atoms. The summed E-state index contributed by atoms with van der Waals surface area (Å²) in [5.41, 5.74) is 7.87. The molecular weight excluding hydrogens is 337 g/mol. The van der Waals surface area contributed by atoms with Gasteiger partial charge in [-0.3, -0.25) is 4.79 Å². The molecule has 0 radical (unpaired) electrons. The maximum Gasteiger partial charge on any atom is 0.255 e. The van der Waals surface area contributed by atoms with Crippen molar-refractivity contribution >= 4 is 46.2 Å². The molecule has 0 unspecified atom stereocenters. The number of fused-ring (bicyclic) bond motifs is 1. The number of likely N-dealkylation sites (N-methyl/N-ethyl adjacent to an activating group) is 1. The first-order valence-corrected chi connectivity index (χ1v) is 7.75. The fourth-order valence-corrected chi connectivity index (χ4v) is 2.84. The molecule has 5 nitrogen and oxygen atoms in total. The zero-order valence-electron chi connectivity index (χ0n) is 12.4. The number of amides is 1. The molecule has 3 rings (SSSR count). The van der Waals surface area contributed by atoms with Crippen molar-refractivity contribution in [2.75, 3.05) is 36.1 Å². The van der Waals surface area contributed by atoms with Crippen LogP contribution >= 0.6 is 23.2 Å². The molecule has 3 N–H and O–H groups in total. The highest BCUT2D eigenvalue weighted by atomic mass is 35.5. The van der Waals surface area contributed by atoms with Crippen LogP contribution in [0.15, 0.2) is 30.3 Å². The molecule has 0 bridgehead atoms. The van der Waals surface area contributed by atoms with E-state index >= 15 is 0 Å². The Balaban J connectivity index is 1.85. The maximum absolute atomic E-state index is 12.4. The number of anilines is 3. The normalized spacial score (nSPS) is 13.3. The number of nitrogens with zero attached hydrogens (tertiary/aromatic N) is 1. The minimum Gasteiger partial charge on any atom is -0.490 e. The molecule has 1 aliphatic rings. The molecule has 0 atom stereocenters. The molecular formula is C16H15Cl2N3O2. The first-order chi connectivity index (χ1) is 11.0. The third-order valence-corrected chi connectivity index (χ3v) is 4.28. The second-order valence-corrected chi connectivity index (χ2v) is 6.07. The molecule has 1 amide bonds. The van der Waals surface area contributed by atoms with Crippen molar-refractivity contribution in [1.82, 2.24) is 0 Å². The zero-order valence-corrected chi connectivity index (χ0v) is 13.9. The van der Waals surface area contributed by atoms with E-state index in [1.54, 1.807) is 30.3 Å². The summed E-state index contributed by atoms with van der Waals surface area (Å²) in [5.74, 6) is 0.512. The van der Waals surface area contributed by atoms with Gasteiger partial charge in [0.2, 0.25) is 0 Å². The van der Waals surface area contributed by atoms with E-state index in [9.17, 15) is 4.79 Å². The van der Waals surface area contributed by atoms with Gasteiger partial charge in [0.25, 0.3) is 5.91 Å². The van der Waals surface area contributed by atoms with Gasteiger partial charge in [-0.05, 0) is 30.3 Å². The molecule has 120 valence electrons. The van der Waals surface area contributed by atoms with E-state index in [4.69, 9.17) is 33.7 Å². The van der Waals surface area contributed by atoms with E-state index in [0.717, 1.165) is 18.0 Å². The van der Waals surface area contributed by atoms with Crippen LogP contribution < -0.4 is 20.7 Å². The van der Waals surface area contributed by atoms with Crippen LogP contribution in [0.25, 0.3) is 0 Å². The predicted octanol–water partition coefficient (Wildman–Crippen LogP) is 3.66. The Morgan fingerprint density at radius 3 is 2.65 bits per heavy atom. The van der Waals surface area contributed by atoms with Gasteiger partial charge in [-0.15, -0.1) is 0 Å². The minimum atomic E-state index is -0.260. The molecule has 0 saturated carbocycles. The van der Waals surface area contributed by atoms with Gasteiger partial charge in [0.1, 0.15) is 12.4 Å². The van der Waals surface area contributed by atoms with Crippen molar-refractivity contribution in [3.05, 3.63) is 45.9 Å². The number of carbonyl (C=O) groups is 1. The van der Waals surface area contributed by atoms with Crippen LogP contribution in [0, 0.1) is 0 Å². The van der Waals surface area contributed by atoms with Crippen molar-refractivity contribution in [2.24, 2.45) is 0 Å². The molecule has 2 aromatic carbocycles.